The van der Waals surface area contributed by atoms with Crippen LogP contribution in [0.2, 0.25) is 0 Å². The highest BCUT2D eigenvalue weighted by atomic mass is 35.5. The topological polar surface area (TPSA) is 137 Å². The molecule has 0 saturated carbocycles. The molecule has 0 radical (unpaired) electrons. The molecule has 11 nitrogen and oxygen atoms in total. The minimum Gasteiger partial charge on any atom is -0.444 e. The predicted octanol–water partition coefficient (Wildman–Crippen LogP) is 7.63. The summed E-state index contributed by atoms with van der Waals surface area (Å²) in [6, 6.07) is 11.5. The Bertz CT molecular complexity index is 1480. The van der Waals surface area contributed by atoms with Gasteiger partial charge in [0.15, 0.2) is 5.69 Å². The van der Waals surface area contributed by atoms with Gasteiger partial charge in [0.1, 0.15) is 17.9 Å². The van der Waals surface area contributed by atoms with E-state index in [1.165, 1.54) is 30.5 Å². The van der Waals surface area contributed by atoms with E-state index in [9.17, 15) is 8.78 Å². The van der Waals surface area contributed by atoms with Gasteiger partial charge in [0.2, 0.25) is 17.5 Å². The van der Waals surface area contributed by atoms with Crippen LogP contribution in [0.25, 0.3) is 32.6 Å². The molecule has 4 aromatic rings. The molecule has 1 atom stereocenters. The Balaban J connectivity index is -0.000000651. The second-order valence-corrected chi connectivity index (χ2v) is 11.5. The van der Waals surface area contributed by atoms with Gasteiger partial charge in [-0.25, -0.2) is 31.9 Å². The van der Waals surface area contributed by atoms with Crippen LogP contribution in [0, 0.1) is 24.8 Å². The first-order valence-corrected chi connectivity index (χ1v) is 15.7. The fourth-order valence-electron chi connectivity index (χ4n) is 3.34. The third-order valence-electron chi connectivity index (χ3n) is 5.90. The fraction of sp³-hybridized carbons (Fsp3) is 0.412. The number of aromatic nitrogens is 2. The van der Waals surface area contributed by atoms with E-state index in [1.54, 1.807) is 30.5 Å². The van der Waals surface area contributed by atoms with Crippen molar-refractivity contribution in [2.45, 2.75) is 19.0 Å². The largest absolute Gasteiger partial charge is 0.444 e. The molecule has 0 fully saturated rings. The highest BCUT2D eigenvalue weighted by Gasteiger charge is 2.21. The first-order chi connectivity index (χ1) is 22.4. The smallest absolute Gasteiger partial charge is 0.283 e. The van der Waals surface area contributed by atoms with Crippen molar-refractivity contribution in [3.8, 4) is 22.9 Å². The third kappa shape index (κ3) is 21.5. The maximum Gasteiger partial charge on any atom is 0.283 e. The second kappa shape index (κ2) is 29.1. The molecule has 1 unspecified atom stereocenters. The van der Waals surface area contributed by atoms with E-state index in [1.807, 2.05) is 57.0 Å². The van der Waals surface area contributed by atoms with Crippen molar-refractivity contribution < 1.29 is 23.1 Å². The van der Waals surface area contributed by atoms with E-state index in [0.717, 1.165) is 31.4 Å². The average molecular weight is 762 g/mol. The Morgan fingerprint density at radius 2 is 1.24 bits per heavy atom. The van der Waals surface area contributed by atoms with E-state index in [4.69, 9.17) is 45.2 Å². The van der Waals surface area contributed by atoms with Gasteiger partial charge in [-0.1, -0.05) is 0 Å². The molecule has 0 spiro atoms. The summed E-state index contributed by atoms with van der Waals surface area (Å²) < 4.78 is 36.3. The molecular weight excluding hydrogens is 713 g/mol. The summed E-state index contributed by atoms with van der Waals surface area (Å²) >= 11 is 10.7. The maximum absolute atomic E-state index is 12.9. The van der Waals surface area contributed by atoms with Crippen molar-refractivity contribution >= 4 is 35.6 Å². The second-order valence-electron chi connectivity index (χ2n) is 10.8. The number of hydrogen-bond donors (Lipinski definition) is 1. The molecule has 50 heavy (non-hydrogen) atoms. The van der Waals surface area contributed by atoms with Gasteiger partial charge in [-0.3, -0.25) is 0 Å². The number of halogens is 5. The van der Waals surface area contributed by atoms with Gasteiger partial charge < -0.3 is 44.9 Å². The number of alkyl halides is 2. The molecule has 0 bridgehead atoms. The molecule has 278 valence electrons. The van der Waals surface area contributed by atoms with Gasteiger partial charge in [-0.2, -0.15) is 0 Å². The molecular formula is C34H49Cl3F2N8O3. The summed E-state index contributed by atoms with van der Waals surface area (Å²) in [7, 11) is 11.9. The first-order valence-electron chi connectivity index (χ1n) is 14.6. The van der Waals surface area contributed by atoms with Gasteiger partial charge in [0, 0.05) is 48.9 Å². The Labute approximate surface area is 311 Å². The summed E-state index contributed by atoms with van der Waals surface area (Å²) in [5.41, 5.74) is 1.99. The first kappa shape index (κ1) is 50.7. The lowest BCUT2D eigenvalue weighted by Gasteiger charge is -2.08. The highest BCUT2D eigenvalue weighted by Crippen LogP contribution is 2.27. The highest BCUT2D eigenvalue weighted by molar-refractivity contribution is 6.18. The summed E-state index contributed by atoms with van der Waals surface area (Å²) in [6.07, 6.45) is 3.71. The molecule has 0 amide bonds. The number of nitrogens with zero attached hydrogens (tertiary/aromatic N) is 7. The van der Waals surface area contributed by atoms with Gasteiger partial charge in [0.25, 0.3) is 12.6 Å². The van der Waals surface area contributed by atoms with Gasteiger partial charge in [-0.05, 0) is 90.8 Å². The van der Waals surface area contributed by atoms with Crippen molar-refractivity contribution in [1.82, 2.24) is 30.8 Å². The van der Waals surface area contributed by atoms with Crippen LogP contribution in [0.5, 0.6) is 0 Å². The maximum atomic E-state index is 12.9. The zero-order valence-corrected chi connectivity index (χ0v) is 31.7. The quantitative estimate of drug-likeness (QED) is 0.122. The number of hydrogen-bond acceptors (Lipinski definition) is 8. The van der Waals surface area contributed by atoms with Gasteiger partial charge in [0.05, 0.1) is 6.20 Å². The van der Waals surface area contributed by atoms with Crippen molar-refractivity contribution in [1.29, 1.82) is 0 Å². The minimum absolute atomic E-state index is 0. The number of rotatable bonds is 11. The van der Waals surface area contributed by atoms with Crippen LogP contribution in [0.3, 0.4) is 0 Å². The fourth-order valence-corrected chi connectivity index (χ4v) is 4.02. The lowest BCUT2D eigenvalue weighted by atomic mass is 10.2. The van der Waals surface area contributed by atoms with E-state index in [2.05, 4.69) is 19.7 Å². The molecule has 2 aromatic carbocycles. The molecule has 2 heterocycles. The minimum atomic E-state index is -0.334. The van der Waals surface area contributed by atoms with Crippen LogP contribution in [-0.4, -0.2) is 104 Å². The van der Waals surface area contributed by atoms with Crippen LogP contribution in [0.15, 0.2) is 69.8 Å². The zero-order valence-electron chi connectivity index (χ0n) is 29.4. The molecule has 2 aromatic heterocycles. The summed E-state index contributed by atoms with van der Waals surface area (Å²) in [5, 5.41) is 0. The van der Waals surface area contributed by atoms with Crippen molar-refractivity contribution in [3.63, 3.8) is 0 Å². The molecule has 4 rings (SSSR count). The lowest BCUT2D eigenvalue weighted by Crippen LogP contribution is -2.14. The monoisotopic (exact) mass is 760 g/mol. The van der Waals surface area contributed by atoms with Gasteiger partial charge >= 0.3 is 0 Å². The number of oxazole rings is 2. The van der Waals surface area contributed by atoms with Crippen LogP contribution in [0.1, 0.15) is 23.9 Å². The summed E-state index contributed by atoms with van der Waals surface area (Å²) in [4.78, 5) is 21.2. The average Bonchev–Trinajstić information content (AvgIpc) is 3.70. The van der Waals surface area contributed by atoms with Crippen molar-refractivity contribution in [3.05, 3.63) is 107 Å². The van der Waals surface area contributed by atoms with E-state index in [-0.39, 0.29) is 48.3 Å². The lowest BCUT2D eigenvalue weighted by molar-refractivity contribution is 0.377. The van der Waals surface area contributed by atoms with Crippen LogP contribution < -0.4 is 6.15 Å². The standard InChI is InChI=1S/C15H16FN3O.C11H7FN2O.2C4H10ClN.ClH.H3N.H2O/c1-17-13(8-9-19(2)3)14-10-18-15(20-14)11-4-6-12(16)7-5-11;1-13-6-10-7-15-11(14-10)8-2-4-9(12)5-3-8;2*1-6(2)4-3-5;;;/h4-7,10,13H,8-9H2,2-3H3;2-5,7H,6H2;2*3-4H2,1-2H3;1H;1H3;1H2. The Morgan fingerprint density at radius 1 is 0.780 bits per heavy atom. The van der Waals surface area contributed by atoms with E-state index < -0.39 is 0 Å². The van der Waals surface area contributed by atoms with Crippen LogP contribution >= 0.6 is 35.6 Å². The predicted molar refractivity (Wildman–Crippen MR) is 201 cm³/mol. The van der Waals surface area contributed by atoms with Crippen LogP contribution in [-0.2, 0) is 6.54 Å². The molecule has 0 aliphatic heterocycles. The summed E-state index contributed by atoms with van der Waals surface area (Å²) in [6.45, 7) is 16.9. The van der Waals surface area contributed by atoms with E-state index >= 15 is 0 Å². The van der Waals surface area contributed by atoms with Crippen molar-refractivity contribution in [2.24, 2.45) is 0 Å². The molecule has 0 aliphatic rings. The number of benzene rings is 2. The third-order valence-corrected chi connectivity index (χ3v) is 6.23. The SMILES string of the molecule is CN(C)CCCl.CN(C)CCCl.Cl.N.O.[C-]#[N+]C(CCN(C)C)c1cnc(-c2ccc(F)cc2)o1.[C-]#[N+]Cc1coc(-c2ccc(F)cc2)n1. The van der Waals surface area contributed by atoms with Crippen LogP contribution in [0.4, 0.5) is 8.78 Å². The molecule has 16 heteroatoms. The Morgan fingerprint density at radius 3 is 1.62 bits per heavy atom. The van der Waals surface area contributed by atoms with Crippen molar-refractivity contribution in [2.75, 3.05) is 73.7 Å². The summed E-state index contributed by atoms with van der Waals surface area (Å²) in [5.74, 6) is 2.24. The van der Waals surface area contributed by atoms with Gasteiger partial charge in [-0.15, -0.1) is 35.6 Å². The van der Waals surface area contributed by atoms with E-state index in [0.29, 0.717) is 40.8 Å². The molecule has 5 N–H and O–H groups in total. The molecule has 0 saturated heterocycles. The Kier molecular flexibility index (Phi) is 29.6. The Hall–Kier alpha value is -3.63. The zero-order chi connectivity index (χ0) is 35.2. The normalized spacial score (nSPS) is 10.3. The molecule has 0 aliphatic carbocycles.